The molecule has 1 aliphatic rings. The highest BCUT2D eigenvalue weighted by Gasteiger charge is 2.34. The van der Waals surface area contributed by atoms with Crippen molar-refractivity contribution in [1.29, 1.82) is 0 Å². The van der Waals surface area contributed by atoms with Gasteiger partial charge in [0.2, 0.25) is 5.89 Å². The van der Waals surface area contributed by atoms with Crippen molar-refractivity contribution in [2.24, 2.45) is 17.1 Å². The Morgan fingerprint density at radius 3 is 2.33 bits per heavy atom. The van der Waals surface area contributed by atoms with Gasteiger partial charge in [0.05, 0.1) is 6.61 Å². The van der Waals surface area contributed by atoms with Crippen LogP contribution in [0.2, 0.25) is 0 Å². The standard InChI is InChI=1S/C16H29N3O2/c1-15(2,3)12-8-6-11(7-9-12)13-18-14(19-21-13)16(4,17)10-20-5/h11-12H,6-10,17H2,1-5H3. The Bertz CT molecular complexity index is 454. The quantitative estimate of drug-likeness (QED) is 0.923. The maximum atomic E-state index is 6.16. The molecule has 1 saturated carbocycles. The predicted molar refractivity (Wildman–Crippen MR) is 81.9 cm³/mol. The summed E-state index contributed by atoms with van der Waals surface area (Å²) in [4.78, 5) is 4.53. The van der Waals surface area contributed by atoms with E-state index in [2.05, 4.69) is 30.9 Å². The van der Waals surface area contributed by atoms with Gasteiger partial charge in [0.25, 0.3) is 0 Å². The van der Waals surface area contributed by atoms with E-state index in [0.29, 0.717) is 23.8 Å². The highest BCUT2D eigenvalue weighted by Crippen LogP contribution is 2.42. The number of aromatic nitrogens is 2. The molecule has 0 amide bonds. The third kappa shape index (κ3) is 3.83. The van der Waals surface area contributed by atoms with Crippen LogP contribution in [0.3, 0.4) is 0 Å². The highest BCUT2D eigenvalue weighted by molar-refractivity contribution is 5.05. The van der Waals surface area contributed by atoms with Crippen molar-refractivity contribution < 1.29 is 9.26 Å². The Morgan fingerprint density at radius 2 is 1.81 bits per heavy atom. The summed E-state index contributed by atoms with van der Waals surface area (Å²) in [6, 6.07) is 0. The van der Waals surface area contributed by atoms with Crippen LogP contribution in [0.5, 0.6) is 0 Å². The second-order valence-electron chi connectivity index (χ2n) is 7.72. The van der Waals surface area contributed by atoms with Crippen LogP contribution >= 0.6 is 0 Å². The van der Waals surface area contributed by atoms with Gasteiger partial charge in [-0.05, 0) is 43.9 Å². The second-order valence-corrected chi connectivity index (χ2v) is 7.72. The minimum atomic E-state index is -0.695. The van der Waals surface area contributed by atoms with Crippen molar-refractivity contribution in [1.82, 2.24) is 10.1 Å². The lowest BCUT2D eigenvalue weighted by Gasteiger charge is -2.35. The summed E-state index contributed by atoms with van der Waals surface area (Å²) < 4.78 is 10.6. The summed E-state index contributed by atoms with van der Waals surface area (Å²) in [6.07, 6.45) is 4.69. The molecule has 5 nitrogen and oxygen atoms in total. The highest BCUT2D eigenvalue weighted by atomic mass is 16.5. The number of hydrogen-bond donors (Lipinski definition) is 1. The van der Waals surface area contributed by atoms with Crippen molar-refractivity contribution in [3.8, 4) is 0 Å². The lowest BCUT2D eigenvalue weighted by molar-refractivity contribution is 0.134. The Labute approximate surface area is 127 Å². The van der Waals surface area contributed by atoms with E-state index < -0.39 is 5.54 Å². The molecule has 1 aliphatic carbocycles. The summed E-state index contributed by atoms with van der Waals surface area (Å²) in [5, 5.41) is 4.06. The summed E-state index contributed by atoms with van der Waals surface area (Å²) in [7, 11) is 1.62. The van der Waals surface area contributed by atoms with E-state index >= 15 is 0 Å². The van der Waals surface area contributed by atoms with Gasteiger partial charge in [0.15, 0.2) is 5.82 Å². The van der Waals surface area contributed by atoms with Crippen LogP contribution in [0.25, 0.3) is 0 Å². The number of nitrogens with zero attached hydrogens (tertiary/aromatic N) is 2. The van der Waals surface area contributed by atoms with Gasteiger partial charge in [-0.3, -0.25) is 0 Å². The van der Waals surface area contributed by atoms with Crippen molar-refractivity contribution in [2.45, 2.75) is 64.8 Å². The summed E-state index contributed by atoms with van der Waals surface area (Å²) in [5.41, 5.74) is 5.85. The molecule has 1 fully saturated rings. The Kier molecular flexibility index (Phi) is 4.73. The van der Waals surface area contributed by atoms with Crippen molar-refractivity contribution in [3.05, 3.63) is 11.7 Å². The molecule has 2 N–H and O–H groups in total. The van der Waals surface area contributed by atoms with Crippen LogP contribution in [-0.4, -0.2) is 23.9 Å². The fraction of sp³-hybridized carbons (Fsp3) is 0.875. The van der Waals surface area contributed by atoms with E-state index in [1.807, 2.05) is 6.92 Å². The van der Waals surface area contributed by atoms with Crippen LogP contribution in [0, 0.1) is 11.3 Å². The number of methoxy groups -OCH3 is 1. The number of ether oxygens (including phenoxy) is 1. The molecule has 0 aromatic carbocycles. The molecule has 0 aliphatic heterocycles. The third-order valence-electron chi connectivity index (χ3n) is 4.70. The summed E-state index contributed by atoms with van der Waals surface area (Å²) in [5.74, 6) is 2.44. The molecular weight excluding hydrogens is 266 g/mol. The van der Waals surface area contributed by atoms with E-state index in [0.717, 1.165) is 24.7 Å². The molecule has 1 unspecified atom stereocenters. The average Bonchev–Trinajstić information content (AvgIpc) is 2.88. The first-order chi connectivity index (χ1) is 9.74. The number of hydrogen-bond acceptors (Lipinski definition) is 5. The normalized spacial score (nSPS) is 26.6. The lowest BCUT2D eigenvalue weighted by atomic mass is 9.70. The lowest BCUT2D eigenvalue weighted by Crippen LogP contribution is -2.39. The second kappa shape index (κ2) is 6.05. The molecule has 0 spiro atoms. The first-order valence-electron chi connectivity index (χ1n) is 7.86. The fourth-order valence-electron chi connectivity index (χ4n) is 3.20. The minimum absolute atomic E-state index is 0.378. The molecule has 0 radical (unpaired) electrons. The molecule has 1 aromatic heterocycles. The zero-order valence-corrected chi connectivity index (χ0v) is 14.0. The average molecular weight is 295 g/mol. The van der Waals surface area contributed by atoms with Gasteiger partial charge in [-0.1, -0.05) is 25.9 Å². The fourth-order valence-corrected chi connectivity index (χ4v) is 3.20. The van der Waals surface area contributed by atoms with Crippen molar-refractivity contribution in [3.63, 3.8) is 0 Å². The first kappa shape index (κ1) is 16.4. The first-order valence-corrected chi connectivity index (χ1v) is 7.86. The van der Waals surface area contributed by atoms with E-state index in [9.17, 15) is 0 Å². The predicted octanol–water partition coefficient (Wildman–Crippen LogP) is 3.21. The smallest absolute Gasteiger partial charge is 0.229 e. The Balaban J connectivity index is 2.00. The Hall–Kier alpha value is -0.940. The zero-order chi connectivity index (χ0) is 15.7. The van der Waals surface area contributed by atoms with E-state index in [4.69, 9.17) is 15.0 Å². The van der Waals surface area contributed by atoms with Crippen LogP contribution in [-0.2, 0) is 10.3 Å². The maximum Gasteiger partial charge on any atom is 0.229 e. The van der Waals surface area contributed by atoms with Crippen LogP contribution < -0.4 is 5.73 Å². The van der Waals surface area contributed by atoms with Gasteiger partial charge >= 0.3 is 0 Å². The molecule has 21 heavy (non-hydrogen) atoms. The third-order valence-corrected chi connectivity index (χ3v) is 4.70. The molecule has 2 rings (SSSR count). The Morgan fingerprint density at radius 1 is 1.19 bits per heavy atom. The van der Waals surface area contributed by atoms with Gasteiger partial charge < -0.3 is 15.0 Å². The van der Waals surface area contributed by atoms with Gasteiger partial charge in [0, 0.05) is 13.0 Å². The van der Waals surface area contributed by atoms with Gasteiger partial charge in [-0.15, -0.1) is 0 Å². The van der Waals surface area contributed by atoms with E-state index in [1.165, 1.54) is 12.8 Å². The van der Waals surface area contributed by atoms with E-state index in [1.54, 1.807) is 7.11 Å². The van der Waals surface area contributed by atoms with Gasteiger partial charge in [-0.2, -0.15) is 4.98 Å². The van der Waals surface area contributed by atoms with Crippen LogP contribution in [0.15, 0.2) is 4.52 Å². The monoisotopic (exact) mass is 295 g/mol. The largest absolute Gasteiger partial charge is 0.382 e. The zero-order valence-electron chi connectivity index (χ0n) is 14.0. The molecule has 5 heteroatoms. The maximum absolute atomic E-state index is 6.16. The van der Waals surface area contributed by atoms with E-state index in [-0.39, 0.29) is 0 Å². The van der Waals surface area contributed by atoms with Crippen molar-refractivity contribution >= 4 is 0 Å². The van der Waals surface area contributed by atoms with Crippen LogP contribution in [0.4, 0.5) is 0 Å². The molecule has 0 saturated heterocycles. The minimum Gasteiger partial charge on any atom is -0.382 e. The van der Waals surface area contributed by atoms with Gasteiger partial charge in [-0.25, -0.2) is 0 Å². The van der Waals surface area contributed by atoms with Crippen molar-refractivity contribution in [2.75, 3.05) is 13.7 Å². The molecule has 1 heterocycles. The molecule has 0 bridgehead atoms. The molecule has 120 valence electrons. The molecule has 1 aromatic rings. The van der Waals surface area contributed by atoms with Crippen LogP contribution in [0.1, 0.15) is 71.0 Å². The number of rotatable bonds is 4. The summed E-state index contributed by atoms with van der Waals surface area (Å²) in [6.45, 7) is 9.22. The SMILES string of the molecule is COCC(C)(N)c1noc(C2CCC(C(C)(C)C)CC2)n1. The van der Waals surface area contributed by atoms with Gasteiger partial charge in [0.1, 0.15) is 5.54 Å². The number of nitrogens with two attached hydrogens (primary N) is 1. The molecular formula is C16H29N3O2. The molecule has 1 atom stereocenters. The summed E-state index contributed by atoms with van der Waals surface area (Å²) >= 11 is 0. The topological polar surface area (TPSA) is 74.2 Å².